The van der Waals surface area contributed by atoms with Gasteiger partial charge in [0.05, 0.1) is 0 Å². The molecule has 23 heavy (non-hydrogen) atoms. The molecule has 128 valence electrons. The van der Waals surface area contributed by atoms with Crippen LogP contribution in [0.25, 0.3) is 0 Å². The van der Waals surface area contributed by atoms with Crippen LogP contribution in [0.2, 0.25) is 0 Å². The molecule has 1 unspecified atom stereocenters. The van der Waals surface area contributed by atoms with Crippen molar-refractivity contribution in [1.29, 1.82) is 0 Å². The number of piperazine rings is 1. The number of halogens is 1. The van der Waals surface area contributed by atoms with Crippen molar-refractivity contribution < 1.29 is 4.79 Å². The van der Waals surface area contributed by atoms with Crippen LogP contribution in [0.1, 0.15) is 37.3 Å². The molecular weight excluding hydrogens is 310 g/mol. The van der Waals surface area contributed by atoms with Crippen LogP contribution in [0.15, 0.2) is 30.3 Å². The van der Waals surface area contributed by atoms with E-state index in [1.807, 2.05) is 4.90 Å². The lowest BCUT2D eigenvalue weighted by molar-refractivity contribution is -0.131. The molecule has 1 aromatic carbocycles. The number of nitrogens with one attached hydrogen (secondary N) is 2. The van der Waals surface area contributed by atoms with E-state index < -0.39 is 0 Å². The van der Waals surface area contributed by atoms with E-state index >= 15 is 0 Å². The Labute approximate surface area is 145 Å². The normalized spacial score (nSPS) is 19.6. The van der Waals surface area contributed by atoms with Crippen LogP contribution in [0.3, 0.4) is 0 Å². The van der Waals surface area contributed by atoms with E-state index in [-0.39, 0.29) is 18.3 Å². The smallest absolute Gasteiger partial charge is 0.223 e. The third-order valence-corrected chi connectivity index (χ3v) is 4.95. The number of carbonyl (C=O) groups is 1. The van der Waals surface area contributed by atoms with Gasteiger partial charge >= 0.3 is 0 Å². The fourth-order valence-electron chi connectivity index (χ4n) is 3.40. The Kier molecular flexibility index (Phi) is 7.34. The molecule has 0 spiro atoms. The van der Waals surface area contributed by atoms with Gasteiger partial charge in [-0.1, -0.05) is 36.8 Å². The summed E-state index contributed by atoms with van der Waals surface area (Å²) in [6, 6.07) is 11.1. The molecule has 2 aliphatic rings. The first kappa shape index (κ1) is 18.2. The summed E-state index contributed by atoms with van der Waals surface area (Å²) < 4.78 is 0. The molecule has 1 amide bonds. The summed E-state index contributed by atoms with van der Waals surface area (Å²) in [4.78, 5) is 14.2. The maximum absolute atomic E-state index is 12.2. The van der Waals surface area contributed by atoms with Crippen molar-refractivity contribution in [3.05, 3.63) is 35.9 Å². The molecule has 0 radical (unpaired) electrons. The van der Waals surface area contributed by atoms with E-state index in [0.717, 1.165) is 38.6 Å². The van der Waals surface area contributed by atoms with Crippen LogP contribution in [0.5, 0.6) is 0 Å². The zero-order chi connectivity index (χ0) is 15.2. The van der Waals surface area contributed by atoms with Crippen LogP contribution in [-0.2, 0) is 4.79 Å². The molecule has 1 heterocycles. The Bertz CT molecular complexity index is 472. The zero-order valence-electron chi connectivity index (χ0n) is 13.7. The quantitative estimate of drug-likeness (QED) is 0.837. The molecule has 1 atom stereocenters. The second-order valence-electron chi connectivity index (χ2n) is 6.41. The van der Waals surface area contributed by atoms with Crippen LogP contribution in [0, 0.1) is 5.92 Å². The fraction of sp³-hybridized carbons (Fsp3) is 0.611. The molecule has 4 nitrogen and oxygen atoms in total. The molecule has 0 aromatic heterocycles. The van der Waals surface area contributed by atoms with Crippen LogP contribution >= 0.6 is 12.4 Å². The van der Waals surface area contributed by atoms with Gasteiger partial charge in [0.2, 0.25) is 5.91 Å². The summed E-state index contributed by atoms with van der Waals surface area (Å²) in [7, 11) is 0. The van der Waals surface area contributed by atoms with Gasteiger partial charge in [-0.2, -0.15) is 0 Å². The summed E-state index contributed by atoms with van der Waals surface area (Å²) in [6.07, 6.45) is 4.56. The van der Waals surface area contributed by atoms with E-state index in [1.54, 1.807) is 0 Å². The molecule has 1 aromatic rings. The van der Waals surface area contributed by atoms with Gasteiger partial charge in [-0.25, -0.2) is 0 Å². The Morgan fingerprint density at radius 3 is 2.52 bits per heavy atom. The number of rotatable bonds is 6. The van der Waals surface area contributed by atoms with Crippen molar-refractivity contribution in [3.8, 4) is 0 Å². The highest BCUT2D eigenvalue weighted by Crippen LogP contribution is 2.37. The third-order valence-electron chi connectivity index (χ3n) is 4.95. The lowest BCUT2D eigenvalue weighted by Crippen LogP contribution is -2.47. The highest BCUT2D eigenvalue weighted by Gasteiger charge is 2.28. The second kappa shape index (κ2) is 9.26. The van der Waals surface area contributed by atoms with Gasteiger partial charge in [0.25, 0.3) is 0 Å². The minimum absolute atomic E-state index is 0. The average Bonchev–Trinajstić information content (AvgIpc) is 2.53. The molecule has 2 N–H and O–H groups in total. The van der Waals surface area contributed by atoms with E-state index in [0.29, 0.717) is 12.5 Å². The predicted molar refractivity (Wildman–Crippen MR) is 95.8 cm³/mol. The highest BCUT2D eigenvalue weighted by atomic mass is 35.5. The van der Waals surface area contributed by atoms with E-state index in [4.69, 9.17) is 0 Å². The molecule has 3 rings (SSSR count). The van der Waals surface area contributed by atoms with Crippen molar-refractivity contribution in [2.24, 2.45) is 5.92 Å². The van der Waals surface area contributed by atoms with Gasteiger partial charge in [0, 0.05) is 45.2 Å². The molecule has 1 aliphatic carbocycles. The van der Waals surface area contributed by atoms with Gasteiger partial charge in [-0.3, -0.25) is 4.79 Å². The average molecular weight is 338 g/mol. The maximum atomic E-state index is 12.2. The first-order valence-electron chi connectivity index (χ1n) is 8.61. The molecule has 1 saturated carbocycles. The van der Waals surface area contributed by atoms with Crippen LogP contribution in [0.4, 0.5) is 0 Å². The largest absolute Gasteiger partial charge is 0.340 e. The van der Waals surface area contributed by atoms with Gasteiger partial charge in [-0.15, -0.1) is 12.4 Å². The number of hydrogen-bond acceptors (Lipinski definition) is 3. The Morgan fingerprint density at radius 2 is 1.91 bits per heavy atom. The number of nitrogens with zero attached hydrogens (tertiary/aromatic N) is 1. The molecular formula is C18H28ClN3O. The van der Waals surface area contributed by atoms with E-state index in [1.165, 1.54) is 24.8 Å². The number of hydrogen-bond donors (Lipinski definition) is 2. The fourth-order valence-corrected chi connectivity index (χ4v) is 3.40. The van der Waals surface area contributed by atoms with Gasteiger partial charge in [0.15, 0.2) is 0 Å². The van der Waals surface area contributed by atoms with Crippen LogP contribution in [-0.4, -0.2) is 43.5 Å². The van der Waals surface area contributed by atoms with Crippen LogP contribution < -0.4 is 10.6 Å². The second-order valence-corrected chi connectivity index (χ2v) is 6.41. The summed E-state index contributed by atoms with van der Waals surface area (Å²) in [6.45, 7) is 4.33. The first-order valence-corrected chi connectivity index (χ1v) is 8.61. The minimum atomic E-state index is 0. The summed E-state index contributed by atoms with van der Waals surface area (Å²) >= 11 is 0. The molecule has 1 aliphatic heterocycles. The standard InChI is InChI=1S/C18H27N3O.ClH/c22-17(21-13-11-19-12-14-21)9-10-20-18(16-7-4-8-16)15-5-2-1-3-6-15;/h1-3,5-6,16,18-20H,4,7-14H2;1H. The number of benzene rings is 1. The molecule has 5 heteroatoms. The van der Waals surface area contributed by atoms with Crippen molar-refractivity contribution in [1.82, 2.24) is 15.5 Å². The molecule has 0 bridgehead atoms. The van der Waals surface area contributed by atoms with E-state index in [9.17, 15) is 4.79 Å². The van der Waals surface area contributed by atoms with Crippen molar-refractivity contribution >= 4 is 18.3 Å². The highest BCUT2D eigenvalue weighted by molar-refractivity contribution is 5.85. The third kappa shape index (κ3) is 4.93. The van der Waals surface area contributed by atoms with Gasteiger partial charge in [0.1, 0.15) is 0 Å². The topological polar surface area (TPSA) is 44.4 Å². The number of carbonyl (C=O) groups excluding carboxylic acids is 1. The summed E-state index contributed by atoms with van der Waals surface area (Å²) in [5, 5.41) is 6.93. The van der Waals surface area contributed by atoms with Crippen molar-refractivity contribution in [2.75, 3.05) is 32.7 Å². The summed E-state index contributed by atoms with van der Waals surface area (Å²) in [5.74, 6) is 1.02. The molecule has 2 fully saturated rings. The maximum Gasteiger partial charge on any atom is 0.223 e. The SMILES string of the molecule is Cl.O=C(CCNC(c1ccccc1)C1CCC1)N1CCNCC1. The first-order chi connectivity index (χ1) is 10.8. The zero-order valence-corrected chi connectivity index (χ0v) is 14.5. The van der Waals surface area contributed by atoms with Crippen molar-refractivity contribution in [2.45, 2.75) is 31.7 Å². The lowest BCUT2D eigenvalue weighted by Gasteiger charge is -2.35. The minimum Gasteiger partial charge on any atom is -0.340 e. The predicted octanol–water partition coefficient (Wildman–Crippen LogP) is 2.36. The summed E-state index contributed by atoms with van der Waals surface area (Å²) in [5.41, 5.74) is 1.36. The van der Waals surface area contributed by atoms with Gasteiger partial charge in [-0.05, 0) is 24.3 Å². The number of amides is 1. The monoisotopic (exact) mass is 337 g/mol. The Balaban J connectivity index is 0.00000192. The van der Waals surface area contributed by atoms with Gasteiger partial charge < -0.3 is 15.5 Å². The van der Waals surface area contributed by atoms with Crippen molar-refractivity contribution in [3.63, 3.8) is 0 Å². The Morgan fingerprint density at radius 1 is 1.22 bits per heavy atom. The molecule has 1 saturated heterocycles. The lowest BCUT2D eigenvalue weighted by atomic mass is 9.77. The van der Waals surface area contributed by atoms with E-state index in [2.05, 4.69) is 41.0 Å². The Hall–Kier alpha value is -1.10.